The second kappa shape index (κ2) is 6.48. The zero-order chi connectivity index (χ0) is 12.0. The molecule has 3 nitrogen and oxygen atoms in total. The fourth-order valence-electron chi connectivity index (χ4n) is 1.33. The van der Waals surface area contributed by atoms with Crippen LogP contribution in [0.3, 0.4) is 0 Å². The van der Waals surface area contributed by atoms with Crippen molar-refractivity contribution in [1.29, 1.82) is 0 Å². The molecule has 0 spiro atoms. The van der Waals surface area contributed by atoms with Gasteiger partial charge in [-0.3, -0.25) is 4.99 Å². The van der Waals surface area contributed by atoms with E-state index in [1.54, 1.807) is 26.2 Å². The monoisotopic (exact) mass is 287 g/mol. The molecule has 0 aromatic heterocycles. The summed E-state index contributed by atoms with van der Waals surface area (Å²) in [6, 6.07) is 4.95. The minimum atomic E-state index is -0.176. The van der Waals surface area contributed by atoms with Gasteiger partial charge in [-0.1, -0.05) is 15.9 Å². The highest BCUT2D eigenvalue weighted by Crippen LogP contribution is 2.15. The Morgan fingerprint density at radius 1 is 1.50 bits per heavy atom. The number of guanidine groups is 1. The largest absolute Gasteiger partial charge is 0.359 e. The predicted octanol–water partition coefficient (Wildman–Crippen LogP) is 1.93. The highest BCUT2D eigenvalue weighted by molar-refractivity contribution is 9.10. The fraction of sp³-hybridized carbons (Fsp3) is 0.364. The molecule has 16 heavy (non-hydrogen) atoms. The summed E-state index contributed by atoms with van der Waals surface area (Å²) in [6.07, 6.45) is 0.617. The minimum Gasteiger partial charge on any atom is -0.359 e. The third-order valence-corrected chi connectivity index (χ3v) is 2.65. The average Bonchev–Trinajstić information content (AvgIpc) is 2.29. The molecule has 1 aromatic carbocycles. The number of aliphatic imine (C=N–C) groups is 1. The molecule has 1 aromatic rings. The first-order chi connectivity index (χ1) is 7.67. The van der Waals surface area contributed by atoms with Gasteiger partial charge in [0, 0.05) is 25.1 Å². The van der Waals surface area contributed by atoms with Crippen LogP contribution in [0, 0.1) is 5.82 Å². The van der Waals surface area contributed by atoms with Crippen LogP contribution >= 0.6 is 15.9 Å². The number of nitrogens with one attached hydrogen (secondary N) is 2. The topological polar surface area (TPSA) is 36.4 Å². The van der Waals surface area contributed by atoms with E-state index >= 15 is 0 Å². The van der Waals surface area contributed by atoms with Gasteiger partial charge in [-0.25, -0.2) is 4.39 Å². The van der Waals surface area contributed by atoms with Crippen LogP contribution in [0.5, 0.6) is 0 Å². The Labute approximate surface area is 103 Å². The lowest BCUT2D eigenvalue weighted by Gasteiger charge is -2.09. The lowest BCUT2D eigenvalue weighted by atomic mass is 10.1. The van der Waals surface area contributed by atoms with E-state index in [-0.39, 0.29) is 5.82 Å². The van der Waals surface area contributed by atoms with Crippen LogP contribution in [0.4, 0.5) is 4.39 Å². The van der Waals surface area contributed by atoms with Crippen LogP contribution in [0.25, 0.3) is 0 Å². The predicted molar refractivity (Wildman–Crippen MR) is 68.2 cm³/mol. The second-order valence-electron chi connectivity index (χ2n) is 3.23. The van der Waals surface area contributed by atoms with Crippen molar-refractivity contribution in [3.63, 3.8) is 0 Å². The van der Waals surface area contributed by atoms with Gasteiger partial charge in [0.25, 0.3) is 0 Å². The van der Waals surface area contributed by atoms with Gasteiger partial charge in [0.2, 0.25) is 0 Å². The summed E-state index contributed by atoms with van der Waals surface area (Å²) in [5, 5.41) is 5.97. The van der Waals surface area contributed by atoms with E-state index < -0.39 is 0 Å². The summed E-state index contributed by atoms with van der Waals surface area (Å²) in [7, 11) is 3.48. The molecule has 0 aliphatic rings. The Morgan fingerprint density at radius 3 is 2.88 bits per heavy atom. The SMILES string of the molecule is CN=C(NC)NCCc1cc(Br)ccc1F. The van der Waals surface area contributed by atoms with Gasteiger partial charge >= 0.3 is 0 Å². The van der Waals surface area contributed by atoms with Crippen molar-refractivity contribution in [1.82, 2.24) is 10.6 Å². The number of nitrogens with zero attached hydrogens (tertiary/aromatic N) is 1. The zero-order valence-electron chi connectivity index (χ0n) is 9.35. The van der Waals surface area contributed by atoms with Gasteiger partial charge in [-0.05, 0) is 30.2 Å². The van der Waals surface area contributed by atoms with Crippen LogP contribution in [0.2, 0.25) is 0 Å². The molecular weight excluding hydrogens is 273 g/mol. The lowest BCUT2D eigenvalue weighted by Crippen LogP contribution is -2.35. The van der Waals surface area contributed by atoms with E-state index in [2.05, 4.69) is 31.6 Å². The van der Waals surface area contributed by atoms with Crippen molar-refractivity contribution in [2.24, 2.45) is 4.99 Å². The van der Waals surface area contributed by atoms with Crippen LogP contribution in [-0.2, 0) is 6.42 Å². The maximum atomic E-state index is 13.4. The molecule has 0 unspecified atom stereocenters. The van der Waals surface area contributed by atoms with Gasteiger partial charge in [0.1, 0.15) is 5.82 Å². The summed E-state index contributed by atoms with van der Waals surface area (Å²) in [6.45, 7) is 0.640. The smallest absolute Gasteiger partial charge is 0.190 e. The molecule has 0 aliphatic carbocycles. The Morgan fingerprint density at radius 2 is 2.25 bits per heavy atom. The molecule has 0 fully saturated rings. The van der Waals surface area contributed by atoms with Gasteiger partial charge in [0.05, 0.1) is 0 Å². The van der Waals surface area contributed by atoms with Crippen molar-refractivity contribution < 1.29 is 4.39 Å². The van der Waals surface area contributed by atoms with Gasteiger partial charge in [0.15, 0.2) is 5.96 Å². The normalized spacial score (nSPS) is 11.4. The number of rotatable bonds is 3. The molecule has 0 atom stereocenters. The van der Waals surface area contributed by atoms with Crippen LogP contribution in [-0.4, -0.2) is 26.6 Å². The van der Waals surface area contributed by atoms with Crippen molar-refractivity contribution in [3.05, 3.63) is 34.1 Å². The Bertz CT molecular complexity index is 379. The zero-order valence-corrected chi connectivity index (χ0v) is 10.9. The molecular formula is C11H15BrFN3. The Hall–Kier alpha value is -1.10. The molecule has 0 aliphatic heterocycles. The molecule has 0 amide bonds. The van der Waals surface area contributed by atoms with E-state index in [9.17, 15) is 4.39 Å². The van der Waals surface area contributed by atoms with E-state index in [0.29, 0.717) is 24.5 Å². The Balaban J connectivity index is 2.51. The van der Waals surface area contributed by atoms with E-state index in [1.807, 2.05) is 0 Å². The molecule has 0 saturated heterocycles. The minimum absolute atomic E-state index is 0.176. The summed E-state index contributed by atoms with van der Waals surface area (Å²) in [4.78, 5) is 3.97. The van der Waals surface area contributed by atoms with Crippen molar-refractivity contribution in [2.45, 2.75) is 6.42 Å². The highest BCUT2D eigenvalue weighted by Gasteiger charge is 2.02. The van der Waals surface area contributed by atoms with E-state index in [4.69, 9.17) is 0 Å². The van der Waals surface area contributed by atoms with E-state index in [0.717, 1.165) is 4.47 Å². The lowest BCUT2D eigenvalue weighted by molar-refractivity contribution is 0.606. The van der Waals surface area contributed by atoms with Gasteiger partial charge in [-0.15, -0.1) is 0 Å². The van der Waals surface area contributed by atoms with Crippen LogP contribution < -0.4 is 10.6 Å². The van der Waals surface area contributed by atoms with Gasteiger partial charge < -0.3 is 10.6 Å². The van der Waals surface area contributed by atoms with Crippen molar-refractivity contribution >= 4 is 21.9 Å². The van der Waals surface area contributed by atoms with Crippen molar-refractivity contribution in [2.75, 3.05) is 20.6 Å². The Kier molecular flexibility index (Phi) is 5.25. The maximum Gasteiger partial charge on any atom is 0.190 e. The molecule has 88 valence electrons. The molecule has 0 bridgehead atoms. The number of hydrogen-bond donors (Lipinski definition) is 2. The van der Waals surface area contributed by atoms with Crippen molar-refractivity contribution in [3.8, 4) is 0 Å². The average molecular weight is 288 g/mol. The quantitative estimate of drug-likeness (QED) is 0.658. The molecule has 0 heterocycles. The van der Waals surface area contributed by atoms with Gasteiger partial charge in [-0.2, -0.15) is 0 Å². The first-order valence-corrected chi connectivity index (χ1v) is 5.79. The molecule has 2 N–H and O–H groups in total. The summed E-state index contributed by atoms with van der Waals surface area (Å²) in [5.74, 6) is 0.528. The summed E-state index contributed by atoms with van der Waals surface area (Å²) >= 11 is 3.32. The van der Waals surface area contributed by atoms with Crippen LogP contribution in [0.1, 0.15) is 5.56 Å². The summed E-state index contributed by atoms with van der Waals surface area (Å²) in [5.41, 5.74) is 0.688. The van der Waals surface area contributed by atoms with Crippen LogP contribution in [0.15, 0.2) is 27.7 Å². The van der Waals surface area contributed by atoms with E-state index in [1.165, 1.54) is 6.07 Å². The molecule has 0 radical (unpaired) electrons. The second-order valence-corrected chi connectivity index (χ2v) is 4.15. The maximum absolute atomic E-state index is 13.4. The molecule has 0 saturated carbocycles. The third-order valence-electron chi connectivity index (χ3n) is 2.15. The first-order valence-electron chi connectivity index (χ1n) is 4.99. The standard InChI is InChI=1S/C11H15BrFN3/c1-14-11(15-2)16-6-5-8-7-9(12)3-4-10(8)13/h3-4,7H,5-6H2,1-2H3,(H2,14,15,16). The highest BCUT2D eigenvalue weighted by atomic mass is 79.9. The number of halogens is 2. The fourth-order valence-corrected chi connectivity index (χ4v) is 1.74. The number of benzene rings is 1. The summed E-state index contributed by atoms with van der Waals surface area (Å²) < 4.78 is 14.3. The first kappa shape index (κ1) is 13.0. The number of hydrogen-bond acceptors (Lipinski definition) is 1. The molecule has 5 heteroatoms. The molecule has 1 rings (SSSR count). The third kappa shape index (κ3) is 3.81.